The second-order valence-corrected chi connectivity index (χ2v) is 9.83. The Morgan fingerprint density at radius 3 is 2.31 bits per heavy atom. The fourth-order valence-electron chi connectivity index (χ4n) is 3.44. The van der Waals surface area contributed by atoms with Crippen LogP contribution in [0.5, 0.6) is 17.2 Å². The van der Waals surface area contributed by atoms with Crippen molar-refractivity contribution in [2.24, 2.45) is 0 Å². The van der Waals surface area contributed by atoms with Gasteiger partial charge in [-0.05, 0) is 54.4 Å². The summed E-state index contributed by atoms with van der Waals surface area (Å²) in [7, 11) is -0.650. The van der Waals surface area contributed by atoms with Crippen LogP contribution in [0.3, 0.4) is 0 Å². The molecule has 0 saturated heterocycles. The third kappa shape index (κ3) is 7.13. The Hall–Kier alpha value is -3.72. The summed E-state index contributed by atoms with van der Waals surface area (Å²) in [5.41, 5.74) is 2.64. The van der Waals surface area contributed by atoms with Crippen molar-refractivity contribution in [3.8, 4) is 17.2 Å². The average Bonchev–Trinajstić information content (AvgIpc) is 2.84. The van der Waals surface area contributed by atoms with Gasteiger partial charge in [-0.3, -0.25) is 9.10 Å². The Labute approximate surface area is 206 Å². The van der Waals surface area contributed by atoms with Crippen molar-refractivity contribution in [2.45, 2.75) is 13.5 Å². The van der Waals surface area contributed by atoms with Crippen LogP contribution in [0.25, 0.3) is 0 Å². The summed E-state index contributed by atoms with van der Waals surface area (Å²) in [6.45, 7) is 2.75. The number of methoxy groups -OCH3 is 2. The number of sulfonamides is 1. The molecule has 3 aromatic rings. The van der Waals surface area contributed by atoms with Gasteiger partial charge in [-0.2, -0.15) is 0 Å². The van der Waals surface area contributed by atoms with Gasteiger partial charge in [0.05, 0.1) is 39.3 Å². The van der Waals surface area contributed by atoms with Gasteiger partial charge in [0.15, 0.2) is 0 Å². The molecule has 186 valence electrons. The topological polar surface area (TPSA) is 94.2 Å². The summed E-state index contributed by atoms with van der Waals surface area (Å²) >= 11 is 0. The second kappa shape index (κ2) is 11.6. The van der Waals surface area contributed by atoms with Crippen LogP contribution in [0.2, 0.25) is 0 Å². The lowest BCUT2D eigenvalue weighted by molar-refractivity contribution is 0.0947. The van der Waals surface area contributed by atoms with Crippen LogP contribution in [-0.4, -0.2) is 48.0 Å². The molecule has 0 aliphatic carbocycles. The summed E-state index contributed by atoms with van der Waals surface area (Å²) in [6.07, 6.45) is 1.13. The molecule has 0 aliphatic heterocycles. The predicted octanol–water partition coefficient (Wildman–Crippen LogP) is 3.79. The maximum atomic E-state index is 12.6. The van der Waals surface area contributed by atoms with Crippen LogP contribution in [-0.2, 0) is 16.6 Å². The molecule has 35 heavy (non-hydrogen) atoms. The van der Waals surface area contributed by atoms with Crippen molar-refractivity contribution < 1.29 is 27.4 Å². The fraction of sp³-hybridized carbons (Fsp3) is 0.269. The molecular formula is C26H30N2O6S. The van der Waals surface area contributed by atoms with Gasteiger partial charge in [0.25, 0.3) is 5.91 Å². The van der Waals surface area contributed by atoms with Crippen molar-refractivity contribution in [2.75, 3.05) is 37.9 Å². The molecule has 0 heterocycles. The average molecular weight is 499 g/mol. The maximum absolute atomic E-state index is 12.6. The molecule has 0 fully saturated rings. The van der Waals surface area contributed by atoms with Crippen molar-refractivity contribution in [3.05, 3.63) is 83.4 Å². The molecule has 0 saturated carbocycles. The highest BCUT2D eigenvalue weighted by molar-refractivity contribution is 7.92. The SMILES string of the molecule is COc1ccc(OC)c(N(Cc2ccc(C(=O)NCCOc3cccc(C)c3)cc2)S(C)(=O)=O)c1. The molecule has 3 aromatic carbocycles. The van der Waals surface area contributed by atoms with E-state index in [1.54, 1.807) is 42.5 Å². The molecule has 9 heteroatoms. The van der Waals surface area contributed by atoms with E-state index < -0.39 is 10.0 Å². The third-order valence-corrected chi connectivity index (χ3v) is 6.37. The molecule has 0 aliphatic rings. The molecule has 0 atom stereocenters. The smallest absolute Gasteiger partial charge is 0.251 e. The molecule has 0 aromatic heterocycles. The number of carbonyl (C=O) groups excluding carboxylic acids is 1. The Morgan fingerprint density at radius 2 is 1.69 bits per heavy atom. The van der Waals surface area contributed by atoms with Crippen LogP contribution in [0.4, 0.5) is 5.69 Å². The number of nitrogens with one attached hydrogen (secondary N) is 1. The molecule has 8 nitrogen and oxygen atoms in total. The zero-order chi connectivity index (χ0) is 25.4. The van der Waals surface area contributed by atoms with Crippen LogP contribution in [0, 0.1) is 6.92 Å². The lowest BCUT2D eigenvalue weighted by Crippen LogP contribution is -2.30. The van der Waals surface area contributed by atoms with Gasteiger partial charge in [0.1, 0.15) is 23.9 Å². The number of hydrogen-bond donors (Lipinski definition) is 1. The van der Waals surface area contributed by atoms with E-state index in [2.05, 4.69) is 5.32 Å². The minimum absolute atomic E-state index is 0.0641. The maximum Gasteiger partial charge on any atom is 0.251 e. The first-order valence-electron chi connectivity index (χ1n) is 11.0. The number of hydrogen-bond acceptors (Lipinski definition) is 6. The van der Waals surface area contributed by atoms with Crippen LogP contribution >= 0.6 is 0 Å². The Kier molecular flexibility index (Phi) is 8.59. The summed E-state index contributed by atoms with van der Waals surface area (Å²) in [4.78, 5) is 12.5. The largest absolute Gasteiger partial charge is 0.497 e. The van der Waals surface area contributed by atoms with Crippen molar-refractivity contribution in [3.63, 3.8) is 0 Å². The molecular weight excluding hydrogens is 468 g/mol. The number of carbonyl (C=O) groups is 1. The van der Waals surface area contributed by atoms with Crippen molar-refractivity contribution in [1.82, 2.24) is 5.32 Å². The number of rotatable bonds is 11. The Bertz CT molecular complexity index is 1260. The number of anilines is 1. The highest BCUT2D eigenvalue weighted by Crippen LogP contribution is 2.34. The van der Waals surface area contributed by atoms with Crippen LogP contribution in [0.1, 0.15) is 21.5 Å². The van der Waals surface area contributed by atoms with Crippen LogP contribution in [0.15, 0.2) is 66.7 Å². The van der Waals surface area contributed by atoms with Gasteiger partial charge in [-0.15, -0.1) is 0 Å². The molecule has 0 spiro atoms. The molecule has 0 unspecified atom stereocenters. The molecule has 0 bridgehead atoms. The molecule has 1 N–H and O–H groups in total. The van der Waals surface area contributed by atoms with E-state index in [4.69, 9.17) is 14.2 Å². The Morgan fingerprint density at radius 1 is 0.943 bits per heavy atom. The highest BCUT2D eigenvalue weighted by atomic mass is 32.2. The monoisotopic (exact) mass is 498 g/mol. The molecule has 3 rings (SSSR count). The normalized spacial score (nSPS) is 11.0. The number of nitrogens with zero attached hydrogens (tertiary/aromatic N) is 1. The highest BCUT2D eigenvalue weighted by Gasteiger charge is 2.22. The number of aryl methyl sites for hydroxylation is 1. The molecule has 1 amide bonds. The number of benzene rings is 3. The zero-order valence-electron chi connectivity index (χ0n) is 20.3. The number of amides is 1. The first-order valence-corrected chi connectivity index (χ1v) is 12.8. The van der Waals surface area contributed by atoms with E-state index in [0.29, 0.717) is 41.5 Å². The van der Waals surface area contributed by atoms with Crippen molar-refractivity contribution >= 4 is 21.6 Å². The van der Waals surface area contributed by atoms with Gasteiger partial charge in [-0.1, -0.05) is 24.3 Å². The standard InChI is InChI=1S/C26H30N2O6S/c1-19-6-5-7-23(16-19)34-15-14-27-26(29)21-10-8-20(9-11-21)18-28(35(4,30)31)24-17-22(32-2)12-13-25(24)33-3/h5-13,16-17H,14-15,18H2,1-4H3,(H,27,29). The van der Waals surface area contributed by atoms with Crippen molar-refractivity contribution in [1.29, 1.82) is 0 Å². The van der Waals surface area contributed by atoms with Gasteiger partial charge in [0, 0.05) is 11.6 Å². The minimum Gasteiger partial charge on any atom is -0.497 e. The van der Waals surface area contributed by atoms with E-state index >= 15 is 0 Å². The fourth-order valence-corrected chi connectivity index (χ4v) is 4.32. The molecule has 0 radical (unpaired) electrons. The lowest BCUT2D eigenvalue weighted by Gasteiger charge is -2.25. The zero-order valence-corrected chi connectivity index (χ0v) is 21.1. The second-order valence-electron chi connectivity index (χ2n) is 7.93. The van der Waals surface area contributed by atoms with Gasteiger partial charge < -0.3 is 19.5 Å². The van der Waals surface area contributed by atoms with Gasteiger partial charge in [0.2, 0.25) is 10.0 Å². The summed E-state index contributed by atoms with van der Waals surface area (Å²) in [5.74, 6) is 1.43. The predicted molar refractivity (Wildman–Crippen MR) is 136 cm³/mol. The summed E-state index contributed by atoms with van der Waals surface area (Å²) < 4.78 is 42.7. The first kappa shape index (κ1) is 25.9. The van der Waals surface area contributed by atoms with E-state index in [1.165, 1.54) is 18.5 Å². The summed E-state index contributed by atoms with van der Waals surface area (Å²) in [5, 5.41) is 2.82. The van der Waals surface area contributed by atoms with Gasteiger partial charge >= 0.3 is 0 Å². The van der Waals surface area contributed by atoms with Crippen LogP contribution < -0.4 is 23.8 Å². The van der Waals surface area contributed by atoms with E-state index in [9.17, 15) is 13.2 Å². The third-order valence-electron chi connectivity index (χ3n) is 5.24. The van der Waals surface area contributed by atoms with E-state index in [-0.39, 0.29) is 12.5 Å². The van der Waals surface area contributed by atoms with E-state index in [1.807, 2.05) is 31.2 Å². The first-order chi connectivity index (χ1) is 16.7. The Balaban J connectivity index is 1.65. The van der Waals surface area contributed by atoms with Gasteiger partial charge in [-0.25, -0.2) is 8.42 Å². The lowest BCUT2D eigenvalue weighted by atomic mass is 10.1. The minimum atomic E-state index is -3.64. The quantitative estimate of drug-likeness (QED) is 0.404. The number of ether oxygens (including phenoxy) is 3. The summed E-state index contributed by atoms with van der Waals surface area (Å²) in [6, 6.07) is 19.4. The van der Waals surface area contributed by atoms with E-state index in [0.717, 1.165) is 17.6 Å².